The Morgan fingerprint density at radius 1 is 1.12 bits per heavy atom. The van der Waals surface area contributed by atoms with Gasteiger partial charge < -0.3 is 9.30 Å². The minimum Gasteiger partial charge on any atom is -0.465 e. The molecule has 0 bridgehead atoms. The molecule has 2 aromatic carbocycles. The second-order valence-electron chi connectivity index (χ2n) is 8.59. The van der Waals surface area contributed by atoms with Crippen molar-refractivity contribution in [2.45, 2.75) is 39.4 Å². The maximum atomic E-state index is 13.7. The lowest BCUT2D eigenvalue weighted by Crippen LogP contribution is -2.25. The molecule has 0 spiro atoms. The fourth-order valence-electron chi connectivity index (χ4n) is 4.66. The number of ether oxygens (including phenoxy) is 1. The van der Waals surface area contributed by atoms with Gasteiger partial charge in [0.15, 0.2) is 5.78 Å². The first-order chi connectivity index (χ1) is 15.1. The molecule has 0 fully saturated rings. The van der Waals surface area contributed by atoms with Crippen LogP contribution in [-0.4, -0.2) is 23.4 Å². The molecule has 3 aromatic rings. The Morgan fingerprint density at radius 2 is 1.84 bits per heavy atom. The summed E-state index contributed by atoms with van der Waals surface area (Å²) in [6, 6.07) is 10.5. The van der Waals surface area contributed by atoms with Crippen LogP contribution in [-0.2, 0) is 23.9 Å². The van der Waals surface area contributed by atoms with Crippen LogP contribution in [0.25, 0.3) is 10.9 Å². The molecule has 7 heteroatoms. The Morgan fingerprint density at radius 3 is 2.50 bits per heavy atom. The number of aromatic nitrogens is 1. The molecule has 0 saturated carbocycles. The number of methoxy groups -OCH3 is 1. The third kappa shape index (κ3) is 3.70. The lowest BCUT2D eigenvalue weighted by atomic mass is 9.79. The summed E-state index contributed by atoms with van der Waals surface area (Å²) in [5.41, 5.74) is 1.34. The zero-order valence-corrected chi connectivity index (χ0v) is 18.1. The molecular formula is C25H24F3NO3. The van der Waals surface area contributed by atoms with E-state index >= 15 is 0 Å². The van der Waals surface area contributed by atoms with E-state index in [1.54, 1.807) is 28.8 Å². The number of hydrogen-bond acceptors (Lipinski definition) is 3. The van der Waals surface area contributed by atoms with E-state index in [0.29, 0.717) is 35.0 Å². The fraction of sp³-hybridized carbons (Fsp3) is 0.360. The van der Waals surface area contributed by atoms with E-state index in [-0.39, 0.29) is 35.3 Å². The summed E-state index contributed by atoms with van der Waals surface area (Å²) in [5, 5.41) is 0.464. The van der Waals surface area contributed by atoms with Crippen molar-refractivity contribution in [2.75, 3.05) is 7.11 Å². The van der Waals surface area contributed by atoms with Crippen molar-refractivity contribution in [3.05, 3.63) is 70.4 Å². The third-order valence-electron chi connectivity index (χ3n) is 6.38. The van der Waals surface area contributed by atoms with Crippen molar-refractivity contribution in [2.24, 2.45) is 11.8 Å². The molecule has 0 saturated heterocycles. The largest absolute Gasteiger partial charge is 0.465 e. The predicted octanol–water partition coefficient (Wildman–Crippen LogP) is 5.90. The van der Waals surface area contributed by atoms with Gasteiger partial charge in [-0.25, -0.2) is 4.79 Å². The Labute approximate surface area is 184 Å². The number of rotatable bonds is 4. The lowest BCUT2D eigenvalue weighted by Gasteiger charge is -2.26. The van der Waals surface area contributed by atoms with Gasteiger partial charge in [-0.1, -0.05) is 38.1 Å². The van der Waals surface area contributed by atoms with Gasteiger partial charge in [0.25, 0.3) is 0 Å². The molecule has 0 N–H and O–H groups in total. The number of esters is 1. The highest BCUT2D eigenvalue weighted by Gasteiger charge is 2.36. The van der Waals surface area contributed by atoms with E-state index in [4.69, 9.17) is 4.74 Å². The molecule has 32 heavy (non-hydrogen) atoms. The minimum atomic E-state index is -4.49. The molecule has 168 valence electrons. The molecule has 4 nitrogen and oxygen atoms in total. The highest BCUT2D eigenvalue weighted by atomic mass is 19.4. The molecule has 0 radical (unpaired) electrons. The van der Waals surface area contributed by atoms with Gasteiger partial charge in [-0.2, -0.15) is 13.2 Å². The first-order valence-electron chi connectivity index (χ1n) is 10.5. The summed E-state index contributed by atoms with van der Waals surface area (Å²) in [7, 11) is 1.26. The number of carbonyl (C=O) groups excluding carboxylic acids is 2. The van der Waals surface area contributed by atoms with Crippen molar-refractivity contribution < 1.29 is 27.5 Å². The van der Waals surface area contributed by atoms with E-state index in [9.17, 15) is 22.8 Å². The van der Waals surface area contributed by atoms with Crippen molar-refractivity contribution >= 4 is 22.7 Å². The number of nitrogens with zero attached hydrogens (tertiary/aromatic N) is 1. The highest BCUT2D eigenvalue weighted by molar-refractivity contribution is 6.16. The van der Waals surface area contributed by atoms with E-state index < -0.39 is 17.7 Å². The lowest BCUT2D eigenvalue weighted by molar-refractivity contribution is -0.138. The van der Waals surface area contributed by atoms with Crippen LogP contribution in [0.15, 0.2) is 42.5 Å². The van der Waals surface area contributed by atoms with Gasteiger partial charge in [0.1, 0.15) is 0 Å². The van der Waals surface area contributed by atoms with Crippen LogP contribution in [0.4, 0.5) is 13.2 Å². The Hall–Kier alpha value is -3.09. The van der Waals surface area contributed by atoms with Crippen LogP contribution in [0.1, 0.15) is 57.8 Å². The molecule has 0 aliphatic heterocycles. The smallest absolute Gasteiger partial charge is 0.416 e. The molecule has 4 rings (SSSR count). The van der Waals surface area contributed by atoms with Crippen LogP contribution in [0.2, 0.25) is 0 Å². The normalized spacial score (nSPS) is 16.5. The van der Waals surface area contributed by atoms with Gasteiger partial charge >= 0.3 is 12.1 Å². The monoisotopic (exact) mass is 443 g/mol. The zero-order chi connectivity index (χ0) is 23.2. The minimum absolute atomic E-state index is 0.0514. The van der Waals surface area contributed by atoms with Crippen molar-refractivity contribution in [3.8, 4) is 0 Å². The SMILES string of the molecule is COC(=O)c1cccc2c1c1c(n2Cc2ccccc2C(F)(F)F)CC(C(C)C)CC1=O. The first kappa shape index (κ1) is 22.1. The Kier molecular flexibility index (Phi) is 5.61. The Bertz CT molecular complexity index is 1210. The standard InChI is InChI=1S/C25H24F3NO3/c1-14(2)16-11-20-23(21(30)12-16)22-17(24(31)32-3)8-6-10-19(22)29(20)13-15-7-4-5-9-18(15)25(26,27)28/h4-10,14,16H,11-13H2,1-3H3. The maximum absolute atomic E-state index is 13.7. The summed E-state index contributed by atoms with van der Waals surface area (Å²) in [4.78, 5) is 25.7. The number of benzene rings is 2. The van der Waals surface area contributed by atoms with E-state index in [0.717, 1.165) is 6.07 Å². The molecule has 1 atom stereocenters. The van der Waals surface area contributed by atoms with Gasteiger partial charge in [-0.05, 0) is 42.0 Å². The van der Waals surface area contributed by atoms with Gasteiger partial charge in [-0.3, -0.25) is 4.79 Å². The first-order valence-corrected chi connectivity index (χ1v) is 10.5. The molecule has 1 heterocycles. The topological polar surface area (TPSA) is 48.3 Å². The van der Waals surface area contributed by atoms with Crippen LogP contribution in [0.5, 0.6) is 0 Å². The van der Waals surface area contributed by atoms with Gasteiger partial charge in [0, 0.05) is 29.6 Å². The van der Waals surface area contributed by atoms with E-state index in [1.165, 1.54) is 19.2 Å². The number of Topliss-reactive ketones (excluding diaryl/α,β-unsaturated/α-hetero) is 1. The molecule has 1 unspecified atom stereocenters. The molecular weight excluding hydrogens is 419 g/mol. The molecule has 1 aliphatic rings. The zero-order valence-electron chi connectivity index (χ0n) is 18.1. The van der Waals surface area contributed by atoms with Crippen molar-refractivity contribution in [1.29, 1.82) is 0 Å². The van der Waals surface area contributed by atoms with Crippen LogP contribution in [0, 0.1) is 11.8 Å². The second kappa shape index (κ2) is 8.11. The maximum Gasteiger partial charge on any atom is 0.416 e. The number of fused-ring (bicyclic) bond motifs is 3. The molecule has 0 amide bonds. The molecule has 1 aromatic heterocycles. The number of hydrogen-bond donors (Lipinski definition) is 0. The van der Waals surface area contributed by atoms with Gasteiger partial charge in [-0.15, -0.1) is 0 Å². The van der Waals surface area contributed by atoms with E-state index in [1.807, 2.05) is 13.8 Å². The number of halogens is 3. The van der Waals surface area contributed by atoms with Crippen molar-refractivity contribution in [1.82, 2.24) is 4.57 Å². The fourth-order valence-corrected chi connectivity index (χ4v) is 4.66. The van der Waals surface area contributed by atoms with Crippen LogP contribution < -0.4 is 0 Å². The third-order valence-corrected chi connectivity index (χ3v) is 6.38. The average Bonchev–Trinajstić information content (AvgIpc) is 3.07. The summed E-state index contributed by atoms with van der Waals surface area (Å²) in [6.07, 6.45) is -3.59. The molecule has 1 aliphatic carbocycles. The number of ketones is 1. The number of alkyl halides is 3. The summed E-state index contributed by atoms with van der Waals surface area (Å²) in [6.45, 7) is 4.02. The number of carbonyl (C=O) groups is 2. The predicted molar refractivity (Wildman–Crippen MR) is 115 cm³/mol. The van der Waals surface area contributed by atoms with E-state index in [2.05, 4.69) is 0 Å². The average molecular weight is 443 g/mol. The van der Waals surface area contributed by atoms with Gasteiger partial charge in [0.2, 0.25) is 0 Å². The summed E-state index contributed by atoms with van der Waals surface area (Å²) in [5.74, 6) is -0.349. The summed E-state index contributed by atoms with van der Waals surface area (Å²) >= 11 is 0. The quantitative estimate of drug-likeness (QED) is 0.472. The summed E-state index contributed by atoms with van der Waals surface area (Å²) < 4.78 is 47.6. The van der Waals surface area contributed by atoms with Crippen LogP contribution >= 0.6 is 0 Å². The highest BCUT2D eigenvalue weighted by Crippen LogP contribution is 2.40. The van der Waals surface area contributed by atoms with Crippen LogP contribution in [0.3, 0.4) is 0 Å². The second-order valence-corrected chi connectivity index (χ2v) is 8.59. The van der Waals surface area contributed by atoms with Gasteiger partial charge in [0.05, 0.1) is 23.8 Å². The Balaban J connectivity index is 1.99. The van der Waals surface area contributed by atoms with Crippen molar-refractivity contribution in [3.63, 3.8) is 0 Å².